The van der Waals surface area contributed by atoms with Gasteiger partial charge in [0.2, 0.25) is 5.91 Å². The number of hydrogen-bond donors (Lipinski definition) is 1. The minimum atomic E-state index is -4.56. The number of benzene rings is 1. The van der Waals surface area contributed by atoms with Crippen molar-refractivity contribution in [2.24, 2.45) is 5.41 Å². The lowest BCUT2D eigenvalue weighted by Gasteiger charge is -2.20. The van der Waals surface area contributed by atoms with E-state index in [0.717, 1.165) is 12.1 Å². The molecule has 1 aromatic rings. The van der Waals surface area contributed by atoms with Gasteiger partial charge in [0.05, 0.1) is 11.3 Å². The molecule has 0 aromatic heterocycles. The summed E-state index contributed by atoms with van der Waals surface area (Å²) in [6, 6.07) is 3.24. The fraction of sp³-hybridized carbons (Fsp3) is 0.417. The number of nitrogens with one attached hydrogen (secondary N) is 1. The van der Waals surface area contributed by atoms with Crippen molar-refractivity contribution in [3.05, 3.63) is 28.8 Å². The first-order valence-electron chi connectivity index (χ1n) is 5.20. The van der Waals surface area contributed by atoms with E-state index in [-0.39, 0.29) is 10.7 Å². The maximum absolute atomic E-state index is 12.8. The normalized spacial score (nSPS) is 12.4. The molecule has 2 nitrogen and oxygen atoms in total. The third kappa shape index (κ3) is 3.63. The van der Waals surface area contributed by atoms with E-state index >= 15 is 0 Å². The summed E-state index contributed by atoms with van der Waals surface area (Å²) in [4.78, 5) is 11.7. The number of carbonyl (C=O) groups excluding carboxylic acids is 1. The van der Waals surface area contributed by atoms with E-state index in [4.69, 9.17) is 11.6 Å². The second kappa shape index (κ2) is 4.80. The van der Waals surface area contributed by atoms with Crippen LogP contribution in [0.2, 0.25) is 5.02 Å². The number of anilines is 1. The Labute approximate surface area is 108 Å². The molecule has 0 fully saturated rings. The summed E-state index contributed by atoms with van der Waals surface area (Å²) in [5, 5.41) is 2.24. The summed E-state index contributed by atoms with van der Waals surface area (Å²) in [6.07, 6.45) is -4.56. The summed E-state index contributed by atoms with van der Waals surface area (Å²) in [5.74, 6) is -0.490. The zero-order valence-corrected chi connectivity index (χ0v) is 10.9. The Morgan fingerprint density at radius 1 is 1.22 bits per heavy atom. The summed E-state index contributed by atoms with van der Waals surface area (Å²) < 4.78 is 38.3. The zero-order valence-electron chi connectivity index (χ0n) is 10.2. The van der Waals surface area contributed by atoms with Crippen LogP contribution in [0.3, 0.4) is 0 Å². The largest absolute Gasteiger partial charge is 0.418 e. The molecule has 0 spiro atoms. The van der Waals surface area contributed by atoms with Gasteiger partial charge >= 0.3 is 6.18 Å². The van der Waals surface area contributed by atoms with Crippen LogP contribution >= 0.6 is 11.6 Å². The molecule has 0 radical (unpaired) electrons. The summed E-state index contributed by atoms with van der Waals surface area (Å²) in [6.45, 7) is 4.85. The fourth-order valence-electron chi connectivity index (χ4n) is 1.17. The van der Waals surface area contributed by atoms with Gasteiger partial charge in [-0.3, -0.25) is 4.79 Å². The van der Waals surface area contributed by atoms with Gasteiger partial charge in [0.1, 0.15) is 0 Å². The molecule has 0 bridgehead atoms. The number of hydrogen-bond acceptors (Lipinski definition) is 1. The molecule has 6 heteroatoms. The molecule has 0 atom stereocenters. The fourth-order valence-corrected chi connectivity index (χ4v) is 1.34. The van der Waals surface area contributed by atoms with Crippen LogP contribution in [0.15, 0.2) is 18.2 Å². The summed E-state index contributed by atoms with van der Waals surface area (Å²) in [7, 11) is 0. The first-order chi connectivity index (χ1) is 8.01. The first kappa shape index (κ1) is 14.8. The minimum Gasteiger partial charge on any atom is -0.325 e. The van der Waals surface area contributed by atoms with Gasteiger partial charge in [0, 0.05) is 10.4 Å². The van der Waals surface area contributed by atoms with Crippen molar-refractivity contribution >= 4 is 23.2 Å². The molecule has 0 aliphatic carbocycles. The van der Waals surface area contributed by atoms with Crippen LogP contribution < -0.4 is 5.32 Å². The van der Waals surface area contributed by atoms with E-state index in [1.165, 1.54) is 6.07 Å². The smallest absolute Gasteiger partial charge is 0.325 e. The van der Waals surface area contributed by atoms with Crippen LogP contribution in [-0.4, -0.2) is 5.91 Å². The lowest BCUT2D eigenvalue weighted by atomic mass is 9.95. The maximum atomic E-state index is 12.8. The van der Waals surface area contributed by atoms with Crippen molar-refractivity contribution < 1.29 is 18.0 Å². The molecular weight excluding hydrogens is 267 g/mol. The Bertz CT molecular complexity index is 463. The van der Waals surface area contributed by atoms with E-state index in [2.05, 4.69) is 5.32 Å². The van der Waals surface area contributed by atoms with Crippen LogP contribution in [0.25, 0.3) is 0 Å². The summed E-state index contributed by atoms with van der Waals surface area (Å²) in [5.41, 5.74) is -2.01. The Morgan fingerprint density at radius 3 is 2.22 bits per heavy atom. The maximum Gasteiger partial charge on any atom is 0.418 e. The SMILES string of the molecule is CC(C)(C)C(=O)Nc1ccc(Cl)cc1C(F)(F)F. The quantitative estimate of drug-likeness (QED) is 0.814. The molecule has 100 valence electrons. The van der Waals surface area contributed by atoms with Crippen molar-refractivity contribution in [3.8, 4) is 0 Å². The predicted octanol–water partition coefficient (Wildman–Crippen LogP) is 4.34. The Balaban J connectivity index is 3.14. The molecule has 1 aromatic carbocycles. The molecule has 1 amide bonds. The molecule has 0 saturated carbocycles. The molecule has 1 N–H and O–H groups in total. The molecule has 0 aliphatic rings. The molecular formula is C12H13ClF3NO. The number of rotatable bonds is 1. The number of carbonyl (C=O) groups is 1. The van der Waals surface area contributed by atoms with E-state index in [9.17, 15) is 18.0 Å². The zero-order chi connectivity index (χ0) is 14.1. The standard InChI is InChI=1S/C12H13ClF3NO/c1-11(2,3)10(18)17-9-5-4-7(13)6-8(9)12(14,15)16/h4-6H,1-3H3,(H,17,18). The van der Waals surface area contributed by atoms with Gasteiger partial charge in [-0.05, 0) is 18.2 Å². The topological polar surface area (TPSA) is 29.1 Å². The Hall–Kier alpha value is -1.23. The molecule has 0 aliphatic heterocycles. The van der Waals surface area contributed by atoms with Gasteiger partial charge in [0.25, 0.3) is 0 Å². The Morgan fingerprint density at radius 2 is 1.78 bits per heavy atom. The lowest BCUT2D eigenvalue weighted by molar-refractivity contribution is -0.137. The summed E-state index contributed by atoms with van der Waals surface area (Å²) >= 11 is 5.54. The number of amides is 1. The van der Waals surface area contributed by atoms with Gasteiger partial charge < -0.3 is 5.32 Å². The monoisotopic (exact) mass is 279 g/mol. The third-order valence-electron chi connectivity index (χ3n) is 2.22. The predicted molar refractivity (Wildman–Crippen MR) is 64.5 cm³/mol. The number of alkyl halides is 3. The van der Waals surface area contributed by atoms with Gasteiger partial charge in [-0.25, -0.2) is 0 Å². The molecule has 0 heterocycles. The first-order valence-corrected chi connectivity index (χ1v) is 5.58. The molecule has 0 saturated heterocycles. The van der Waals surface area contributed by atoms with E-state index in [0.29, 0.717) is 0 Å². The lowest BCUT2D eigenvalue weighted by Crippen LogP contribution is -2.28. The molecule has 18 heavy (non-hydrogen) atoms. The van der Waals surface area contributed by atoms with Crippen molar-refractivity contribution in [2.45, 2.75) is 26.9 Å². The van der Waals surface area contributed by atoms with Gasteiger partial charge in [-0.1, -0.05) is 32.4 Å². The molecule has 1 rings (SSSR count). The minimum absolute atomic E-state index is 0.0314. The highest BCUT2D eigenvalue weighted by molar-refractivity contribution is 6.30. The van der Waals surface area contributed by atoms with Gasteiger partial charge in [-0.2, -0.15) is 13.2 Å². The van der Waals surface area contributed by atoms with Crippen molar-refractivity contribution in [1.29, 1.82) is 0 Å². The highest BCUT2D eigenvalue weighted by Crippen LogP contribution is 2.37. The highest BCUT2D eigenvalue weighted by atomic mass is 35.5. The van der Waals surface area contributed by atoms with E-state index < -0.39 is 23.1 Å². The molecule has 0 unspecified atom stereocenters. The second-order valence-electron chi connectivity index (χ2n) is 4.89. The second-order valence-corrected chi connectivity index (χ2v) is 5.33. The third-order valence-corrected chi connectivity index (χ3v) is 2.45. The van der Waals surface area contributed by atoms with Crippen LogP contribution in [0, 0.1) is 5.41 Å². The van der Waals surface area contributed by atoms with Crippen molar-refractivity contribution in [1.82, 2.24) is 0 Å². The van der Waals surface area contributed by atoms with Crippen LogP contribution in [0.1, 0.15) is 26.3 Å². The van der Waals surface area contributed by atoms with Gasteiger partial charge in [0.15, 0.2) is 0 Å². The van der Waals surface area contributed by atoms with Crippen molar-refractivity contribution in [2.75, 3.05) is 5.32 Å². The average molecular weight is 280 g/mol. The number of halogens is 4. The van der Waals surface area contributed by atoms with E-state index in [1.807, 2.05) is 0 Å². The Kier molecular flexibility index (Phi) is 3.96. The van der Waals surface area contributed by atoms with Gasteiger partial charge in [-0.15, -0.1) is 0 Å². The van der Waals surface area contributed by atoms with Crippen LogP contribution in [0.5, 0.6) is 0 Å². The van der Waals surface area contributed by atoms with Crippen LogP contribution in [-0.2, 0) is 11.0 Å². The average Bonchev–Trinajstić information content (AvgIpc) is 2.17. The van der Waals surface area contributed by atoms with Crippen LogP contribution in [0.4, 0.5) is 18.9 Å². The highest BCUT2D eigenvalue weighted by Gasteiger charge is 2.35. The van der Waals surface area contributed by atoms with E-state index in [1.54, 1.807) is 20.8 Å². The van der Waals surface area contributed by atoms with Crippen molar-refractivity contribution in [3.63, 3.8) is 0 Å².